The van der Waals surface area contributed by atoms with Gasteiger partial charge in [-0.3, -0.25) is 0 Å². The molecule has 0 radical (unpaired) electrons. The molecule has 4 aliphatic rings. The molecule has 0 spiro atoms. The fraction of sp³-hybridized carbons (Fsp3) is 0.952. The lowest BCUT2D eigenvalue weighted by atomic mass is 9.47. The first-order chi connectivity index (χ1) is 11.8. The second-order valence-electron chi connectivity index (χ2n) is 10.0. The van der Waals surface area contributed by atoms with Crippen LogP contribution in [-0.2, 0) is 4.74 Å². The first-order valence-corrected chi connectivity index (χ1v) is 10.7. The Morgan fingerprint density at radius 3 is 2.60 bits per heavy atom. The maximum absolute atomic E-state index is 9.75. The van der Waals surface area contributed by atoms with Crippen LogP contribution in [0.2, 0.25) is 0 Å². The van der Waals surface area contributed by atoms with Crippen molar-refractivity contribution in [3.05, 3.63) is 0 Å². The fourth-order valence-electron chi connectivity index (χ4n) is 7.82. The molecule has 1 N–H and O–H groups in total. The number of nitrogens with zero attached hydrogens (tertiary/aromatic N) is 1. The van der Waals surface area contributed by atoms with Gasteiger partial charge in [-0.2, -0.15) is 0 Å². The normalized spacial score (nSPS) is 50.5. The molecule has 142 valence electrons. The minimum absolute atomic E-state index is 0.238. The van der Waals surface area contributed by atoms with Crippen LogP contribution in [0.4, 0.5) is 0 Å². The van der Waals surface area contributed by atoms with Crippen molar-refractivity contribution in [1.82, 2.24) is 4.90 Å². The van der Waals surface area contributed by atoms with Crippen LogP contribution in [0.1, 0.15) is 59.3 Å². The van der Waals surface area contributed by atoms with Crippen molar-refractivity contribution >= 4 is 17.4 Å². The molecular weight excluding hydrogens is 330 g/mol. The number of aliphatic hydroxyl groups excluding tert-OH is 1. The molecule has 25 heavy (non-hydrogen) atoms. The largest absolute Gasteiger partial charge is 0.470 e. The summed E-state index contributed by atoms with van der Waals surface area (Å²) in [5.41, 5.74) is 0.672. The predicted molar refractivity (Wildman–Crippen MR) is 104 cm³/mol. The Kier molecular flexibility index (Phi) is 4.39. The molecule has 0 aromatic rings. The Balaban J connectivity index is 1.61. The third kappa shape index (κ3) is 2.42. The van der Waals surface area contributed by atoms with Crippen molar-refractivity contribution < 1.29 is 9.84 Å². The molecule has 0 aromatic heterocycles. The Labute approximate surface area is 158 Å². The summed E-state index contributed by atoms with van der Waals surface area (Å²) in [5, 5.41) is 10.4. The van der Waals surface area contributed by atoms with Gasteiger partial charge in [0.05, 0.1) is 6.61 Å². The summed E-state index contributed by atoms with van der Waals surface area (Å²) < 4.78 is 5.95. The van der Waals surface area contributed by atoms with Gasteiger partial charge in [0.15, 0.2) is 0 Å². The van der Waals surface area contributed by atoms with E-state index in [9.17, 15) is 5.11 Å². The zero-order valence-corrected chi connectivity index (χ0v) is 17.1. The molecule has 3 saturated carbocycles. The summed E-state index contributed by atoms with van der Waals surface area (Å²) in [6.45, 7) is 8.43. The molecule has 0 bridgehead atoms. The van der Waals surface area contributed by atoms with Crippen LogP contribution in [-0.4, -0.2) is 41.5 Å². The average Bonchev–Trinajstić information content (AvgIpc) is 2.95. The minimum atomic E-state index is 0.238. The van der Waals surface area contributed by atoms with E-state index in [1.54, 1.807) is 0 Å². The quantitative estimate of drug-likeness (QED) is 0.747. The lowest BCUT2D eigenvalue weighted by molar-refractivity contribution is -0.133. The van der Waals surface area contributed by atoms with Gasteiger partial charge in [-0.15, -0.1) is 0 Å². The highest BCUT2D eigenvalue weighted by Crippen LogP contribution is 2.66. The maximum atomic E-state index is 9.75. The van der Waals surface area contributed by atoms with Gasteiger partial charge in [-0.05, 0) is 85.7 Å². The van der Waals surface area contributed by atoms with Crippen molar-refractivity contribution in [2.45, 2.75) is 65.3 Å². The van der Waals surface area contributed by atoms with Crippen LogP contribution in [0.25, 0.3) is 0 Å². The zero-order valence-electron chi connectivity index (χ0n) is 16.3. The van der Waals surface area contributed by atoms with Gasteiger partial charge in [-0.25, -0.2) is 0 Å². The van der Waals surface area contributed by atoms with Crippen molar-refractivity contribution in [3.8, 4) is 0 Å². The molecule has 4 fully saturated rings. The van der Waals surface area contributed by atoms with Gasteiger partial charge < -0.3 is 14.7 Å². The van der Waals surface area contributed by atoms with Crippen LogP contribution in [0.3, 0.4) is 0 Å². The van der Waals surface area contributed by atoms with Crippen molar-refractivity contribution in [2.24, 2.45) is 40.4 Å². The van der Waals surface area contributed by atoms with Gasteiger partial charge in [0.1, 0.15) is 0 Å². The topological polar surface area (TPSA) is 32.7 Å². The molecule has 3 nitrogen and oxygen atoms in total. The number of aliphatic hydroxyl groups is 1. The second-order valence-corrected chi connectivity index (χ2v) is 10.4. The Hall–Kier alpha value is -0.350. The zero-order chi connectivity index (χ0) is 18.0. The first-order valence-electron chi connectivity index (χ1n) is 10.3. The van der Waals surface area contributed by atoms with Crippen molar-refractivity contribution in [3.63, 3.8) is 0 Å². The van der Waals surface area contributed by atoms with Crippen molar-refractivity contribution in [2.75, 3.05) is 20.3 Å². The molecule has 0 aromatic carbocycles. The molecule has 4 rings (SSSR count). The van der Waals surface area contributed by atoms with E-state index in [2.05, 4.69) is 32.7 Å². The maximum Gasteiger partial charge on any atom is 0.259 e. The second kappa shape index (κ2) is 6.09. The summed E-state index contributed by atoms with van der Waals surface area (Å²) in [5.74, 6) is 3.58. The summed E-state index contributed by atoms with van der Waals surface area (Å²) in [7, 11) is 2.13. The fourth-order valence-corrected chi connectivity index (χ4v) is 8.01. The molecule has 0 amide bonds. The minimum Gasteiger partial charge on any atom is -0.470 e. The summed E-state index contributed by atoms with van der Waals surface area (Å²) >= 11 is 5.42. The van der Waals surface area contributed by atoms with Crippen molar-refractivity contribution in [1.29, 1.82) is 0 Å². The molecular formula is C21H35NO2S. The molecule has 1 saturated heterocycles. The molecule has 1 heterocycles. The van der Waals surface area contributed by atoms with Crippen LogP contribution in [0, 0.1) is 40.4 Å². The van der Waals surface area contributed by atoms with Gasteiger partial charge in [0.2, 0.25) is 0 Å². The van der Waals surface area contributed by atoms with Gasteiger partial charge in [0.25, 0.3) is 5.17 Å². The number of fused-ring (bicyclic) bond motifs is 5. The summed E-state index contributed by atoms with van der Waals surface area (Å²) in [4.78, 5) is 2.24. The summed E-state index contributed by atoms with van der Waals surface area (Å²) in [6.07, 6.45) is 7.92. The highest BCUT2D eigenvalue weighted by molar-refractivity contribution is 7.80. The monoisotopic (exact) mass is 365 g/mol. The third-order valence-corrected chi connectivity index (χ3v) is 9.54. The van der Waals surface area contributed by atoms with E-state index in [0.29, 0.717) is 35.1 Å². The van der Waals surface area contributed by atoms with E-state index >= 15 is 0 Å². The molecule has 1 aliphatic heterocycles. The number of ether oxygens (including phenoxy) is 1. The number of thiocarbonyl (C=S) groups is 1. The van der Waals surface area contributed by atoms with E-state index < -0.39 is 0 Å². The predicted octanol–water partition coefficient (Wildman–Crippen LogP) is 4.09. The van der Waals surface area contributed by atoms with Crippen LogP contribution in [0.15, 0.2) is 0 Å². The average molecular weight is 366 g/mol. The molecule has 4 heteroatoms. The number of hydrogen-bond donors (Lipinski definition) is 1. The van der Waals surface area contributed by atoms with Crippen LogP contribution in [0.5, 0.6) is 0 Å². The Morgan fingerprint density at radius 1 is 1.16 bits per heavy atom. The number of hydrogen-bond acceptors (Lipinski definition) is 3. The van der Waals surface area contributed by atoms with E-state index in [1.807, 2.05) is 0 Å². The highest BCUT2D eigenvalue weighted by atomic mass is 32.1. The first kappa shape index (κ1) is 18.0. The lowest BCUT2D eigenvalue weighted by Gasteiger charge is -2.61. The SMILES string of the molecule is CC(CO)C1CCC2C3CC[C@H]4N(C)C(=S)OCC4(C)C3CCC12C. The molecule has 8 atom stereocenters. The summed E-state index contributed by atoms with van der Waals surface area (Å²) in [6, 6.07) is 0.549. The Morgan fingerprint density at radius 2 is 1.88 bits per heavy atom. The lowest BCUT2D eigenvalue weighted by Crippen LogP contribution is -2.63. The van der Waals surface area contributed by atoms with Crippen LogP contribution >= 0.6 is 12.2 Å². The standard InChI is InChI=1S/C21H35NO2S/c1-13(11-23)15-6-7-16-14-5-8-18-21(3,12-24-19(25)22(18)4)17(14)9-10-20(15,16)2/h13-18,23H,5-12H2,1-4H3/t13?,14?,15?,16?,17?,18-,20?,21?/m1/s1. The van der Waals surface area contributed by atoms with Gasteiger partial charge >= 0.3 is 0 Å². The molecule has 7 unspecified atom stereocenters. The third-order valence-electron chi connectivity index (χ3n) is 9.13. The van der Waals surface area contributed by atoms with E-state index in [-0.39, 0.29) is 5.41 Å². The van der Waals surface area contributed by atoms with Crippen LogP contribution < -0.4 is 0 Å². The van der Waals surface area contributed by atoms with Gasteiger partial charge in [-0.1, -0.05) is 20.8 Å². The Bertz CT molecular complexity index is 554. The van der Waals surface area contributed by atoms with E-state index in [4.69, 9.17) is 17.0 Å². The van der Waals surface area contributed by atoms with E-state index in [1.165, 1.54) is 38.5 Å². The van der Waals surface area contributed by atoms with E-state index in [0.717, 1.165) is 24.4 Å². The highest BCUT2D eigenvalue weighted by Gasteiger charge is 2.61. The molecule has 3 aliphatic carbocycles. The van der Waals surface area contributed by atoms with Gasteiger partial charge in [0, 0.05) is 25.1 Å². The smallest absolute Gasteiger partial charge is 0.259 e. The number of rotatable bonds is 2.